The van der Waals surface area contributed by atoms with Gasteiger partial charge in [0.25, 0.3) is 0 Å². The van der Waals surface area contributed by atoms with E-state index in [1.807, 2.05) is 0 Å². The largest absolute Gasteiger partial charge is 0.462 e. The number of nitrogens with zero attached hydrogens (tertiary/aromatic N) is 1. The second-order valence-electron chi connectivity index (χ2n) is 2.99. The van der Waals surface area contributed by atoms with Gasteiger partial charge in [-0.1, -0.05) is 0 Å². The van der Waals surface area contributed by atoms with E-state index in [0.29, 0.717) is 0 Å². The number of esters is 1. The maximum atomic E-state index is 13.4. The van der Waals surface area contributed by atoms with Crippen molar-refractivity contribution < 1.29 is 19.0 Å². The first-order valence-corrected chi connectivity index (χ1v) is 4.64. The van der Waals surface area contributed by atoms with Gasteiger partial charge < -0.3 is 9.84 Å². The average Bonchev–Trinajstić information content (AvgIpc) is 2.28. The van der Waals surface area contributed by atoms with Gasteiger partial charge in [-0.05, 0) is 24.6 Å². The lowest BCUT2D eigenvalue weighted by molar-refractivity contribution is 0.0525. The van der Waals surface area contributed by atoms with Crippen molar-refractivity contribution in [1.82, 2.24) is 0 Å². The number of rotatable bonds is 3. The molecule has 0 radical (unpaired) electrons. The lowest BCUT2D eigenvalue weighted by atomic mass is 10.0. The highest BCUT2D eigenvalue weighted by Crippen LogP contribution is 2.17. The molecule has 4 nitrogen and oxygen atoms in total. The number of benzene rings is 1. The van der Waals surface area contributed by atoms with Crippen LogP contribution in [-0.2, 0) is 11.3 Å². The van der Waals surface area contributed by atoms with Gasteiger partial charge >= 0.3 is 5.97 Å². The molecule has 0 spiro atoms. The van der Waals surface area contributed by atoms with Crippen LogP contribution >= 0.6 is 0 Å². The summed E-state index contributed by atoms with van der Waals surface area (Å²) < 4.78 is 18.0. The van der Waals surface area contributed by atoms with Gasteiger partial charge in [-0.15, -0.1) is 0 Å². The zero-order valence-electron chi connectivity index (χ0n) is 8.66. The second kappa shape index (κ2) is 5.24. The molecule has 0 aliphatic carbocycles. The molecule has 0 saturated carbocycles. The molecule has 0 aromatic heterocycles. The van der Waals surface area contributed by atoms with E-state index < -0.39 is 18.4 Å². The first-order valence-electron chi connectivity index (χ1n) is 4.64. The summed E-state index contributed by atoms with van der Waals surface area (Å²) in [5, 5.41) is 17.6. The van der Waals surface area contributed by atoms with E-state index in [2.05, 4.69) is 4.74 Å². The highest BCUT2D eigenvalue weighted by molar-refractivity contribution is 5.92. The van der Waals surface area contributed by atoms with Crippen molar-refractivity contribution >= 4 is 5.97 Å². The number of nitriles is 1. The predicted octanol–water partition coefficient (Wildman–Crippen LogP) is 1.37. The molecule has 0 amide bonds. The van der Waals surface area contributed by atoms with Crippen LogP contribution in [0.2, 0.25) is 0 Å². The fourth-order valence-electron chi connectivity index (χ4n) is 1.24. The van der Waals surface area contributed by atoms with Gasteiger partial charge in [-0.25, -0.2) is 9.18 Å². The van der Waals surface area contributed by atoms with Crippen LogP contribution in [0.5, 0.6) is 0 Å². The van der Waals surface area contributed by atoms with Crippen LogP contribution in [0.1, 0.15) is 28.4 Å². The van der Waals surface area contributed by atoms with Crippen LogP contribution < -0.4 is 0 Å². The van der Waals surface area contributed by atoms with E-state index in [9.17, 15) is 9.18 Å². The summed E-state index contributed by atoms with van der Waals surface area (Å²) >= 11 is 0. The monoisotopic (exact) mass is 223 g/mol. The van der Waals surface area contributed by atoms with Crippen LogP contribution in [0.4, 0.5) is 4.39 Å². The number of aliphatic hydroxyl groups excluding tert-OH is 1. The van der Waals surface area contributed by atoms with Crippen LogP contribution in [-0.4, -0.2) is 17.7 Å². The smallest absolute Gasteiger partial charge is 0.339 e. The predicted molar refractivity (Wildman–Crippen MR) is 53.0 cm³/mol. The van der Waals surface area contributed by atoms with E-state index in [1.165, 1.54) is 6.07 Å². The Morgan fingerprint density at radius 3 is 2.81 bits per heavy atom. The molecule has 0 fully saturated rings. The van der Waals surface area contributed by atoms with Crippen LogP contribution in [0, 0.1) is 17.1 Å². The van der Waals surface area contributed by atoms with Crippen molar-refractivity contribution in [2.24, 2.45) is 0 Å². The molecular weight excluding hydrogens is 213 g/mol. The first kappa shape index (κ1) is 12.1. The molecule has 1 aromatic carbocycles. The summed E-state index contributed by atoms with van der Waals surface area (Å²) in [6, 6.07) is 3.86. The van der Waals surface area contributed by atoms with Crippen molar-refractivity contribution in [2.45, 2.75) is 13.5 Å². The summed E-state index contributed by atoms with van der Waals surface area (Å²) in [5.74, 6) is -1.61. The van der Waals surface area contributed by atoms with E-state index in [1.54, 1.807) is 13.0 Å². The Labute approximate surface area is 91.9 Å². The van der Waals surface area contributed by atoms with Gasteiger partial charge in [0.15, 0.2) is 0 Å². The molecule has 0 aliphatic rings. The summed E-state index contributed by atoms with van der Waals surface area (Å²) in [6.45, 7) is 1.33. The van der Waals surface area contributed by atoms with Gasteiger partial charge in [-0.2, -0.15) is 5.26 Å². The molecule has 0 heterocycles. The molecule has 1 aromatic rings. The van der Waals surface area contributed by atoms with Gasteiger partial charge in [-0.3, -0.25) is 0 Å². The number of ether oxygens (including phenoxy) is 1. The molecule has 0 unspecified atom stereocenters. The van der Waals surface area contributed by atoms with Gasteiger partial charge in [0.05, 0.1) is 18.8 Å². The van der Waals surface area contributed by atoms with Gasteiger partial charge in [0, 0.05) is 0 Å². The fraction of sp³-hybridized carbons (Fsp3) is 0.273. The van der Waals surface area contributed by atoms with Crippen molar-refractivity contribution in [3.05, 3.63) is 34.6 Å². The standard InChI is InChI=1S/C11H10FNO3/c1-2-16-11(15)8-3-7(6-14)4-10(12)9(8)5-13/h3-4,14H,2,6H2,1H3. The number of aliphatic hydroxyl groups is 1. The molecular formula is C11H10FNO3. The van der Waals surface area contributed by atoms with E-state index >= 15 is 0 Å². The van der Waals surface area contributed by atoms with E-state index in [4.69, 9.17) is 10.4 Å². The summed E-state index contributed by atoms with van der Waals surface area (Å²) in [6.07, 6.45) is 0. The minimum Gasteiger partial charge on any atom is -0.462 e. The Bertz CT molecular complexity index is 451. The van der Waals surface area contributed by atoms with Crippen LogP contribution in [0.3, 0.4) is 0 Å². The van der Waals surface area contributed by atoms with Crippen LogP contribution in [0.15, 0.2) is 12.1 Å². The minimum absolute atomic E-state index is 0.134. The van der Waals surface area contributed by atoms with Crippen molar-refractivity contribution in [3.8, 4) is 6.07 Å². The lowest BCUT2D eigenvalue weighted by Crippen LogP contribution is -2.09. The molecule has 0 aliphatic heterocycles. The summed E-state index contributed by atoms with van der Waals surface area (Å²) in [7, 11) is 0. The first-order chi connectivity index (χ1) is 7.63. The third-order valence-electron chi connectivity index (χ3n) is 1.94. The molecule has 0 atom stereocenters. The Morgan fingerprint density at radius 1 is 1.62 bits per heavy atom. The van der Waals surface area contributed by atoms with E-state index in [-0.39, 0.29) is 23.3 Å². The SMILES string of the molecule is CCOC(=O)c1cc(CO)cc(F)c1C#N. The van der Waals surface area contributed by atoms with Crippen molar-refractivity contribution in [1.29, 1.82) is 5.26 Å². The zero-order chi connectivity index (χ0) is 12.1. The number of hydrogen-bond donors (Lipinski definition) is 1. The maximum Gasteiger partial charge on any atom is 0.339 e. The molecule has 16 heavy (non-hydrogen) atoms. The normalized spacial score (nSPS) is 9.62. The molecule has 1 rings (SSSR count). The Balaban J connectivity index is 3.29. The molecule has 84 valence electrons. The van der Waals surface area contributed by atoms with Crippen molar-refractivity contribution in [2.75, 3.05) is 6.61 Å². The Morgan fingerprint density at radius 2 is 2.31 bits per heavy atom. The maximum absolute atomic E-state index is 13.4. The topological polar surface area (TPSA) is 70.3 Å². The molecule has 1 N–H and O–H groups in total. The number of halogens is 1. The highest BCUT2D eigenvalue weighted by Gasteiger charge is 2.17. The van der Waals surface area contributed by atoms with Gasteiger partial charge in [0.1, 0.15) is 17.4 Å². The van der Waals surface area contributed by atoms with Crippen molar-refractivity contribution in [3.63, 3.8) is 0 Å². The number of carbonyl (C=O) groups is 1. The second-order valence-corrected chi connectivity index (χ2v) is 2.99. The summed E-state index contributed by atoms with van der Waals surface area (Å²) in [4.78, 5) is 11.4. The Kier molecular flexibility index (Phi) is 3.97. The number of hydrogen-bond acceptors (Lipinski definition) is 4. The zero-order valence-corrected chi connectivity index (χ0v) is 8.66. The molecule has 0 bridgehead atoms. The summed E-state index contributed by atoms with van der Waals surface area (Å²) in [5.41, 5.74) is -0.302. The Hall–Kier alpha value is -1.93. The third kappa shape index (κ3) is 2.35. The average molecular weight is 223 g/mol. The lowest BCUT2D eigenvalue weighted by Gasteiger charge is -2.06. The third-order valence-corrected chi connectivity index (χ3v) is 1.94. The minimum atomic E-state index is -0.836. The highest BCUT2D eigenvalue weighted by atomic mass is 19.1. The molecule has 0 saturated heterocycles. The number of carbonyl (C=O) groups excluding carboxylic acids is 1. The quantitative estimate of drug-likeness (QED) is 0.785. The van der Waals surface area contributed by atoms with E-state index in [0.717, 1.165) is 6.07 Å². The molecule has 5 heteroatoms. The fourth-order valence-corrected chi connectivity index (χ4v) is 1.24. The van der Waals surface area contributed by atoms with Crippen LogP contribution in [0.25, 0.3) is 0 Å². The van der Waals surface area contributed by atoms with Gasteiger partial charge in [0.2, 0.25) is 0 Å².